The topological polar surface area (TPSA) is 116 Å². The van der Waals surface area contributed by atoms with Crippen LogP contribution < -0.4 is 5.32 Å². The highest BCUT2D eigenvalue weighted by Crippen LogP contribution is 2.24. The summed E-state index contributed by atoms with van der Waals surface area (Å²) < 4.78 is 5.27. The Morgan fingerprint density at radius 3 is 2.12 bits per heavy atom. The number of benzene rings is 1. The van der Waals surface area contributed by atoms with Gasteiger partial charge in [-0.1, -0.05) is 12.1 Å². The maximum Gasteiger partial charge on any atom is 0.410 e. The molecule has 0 radical (unpaired) electrons. The molecule has 2 atom stereocenters. The Hall–Kier alpha value is -2.77. The van der Waals surface area contributed by atoms with E-state index in [9.17, 15) is 19.5 Å². The number of aromatic hydroxyl groups is 1. The fourth-order valence-electron chi connectivity index (χ4n) is 2.00. The Balaban J connectivity index is 3.14. The third kappa shape index (κ3) is 5.98. The van der Waals surface area contributed by atoms with E-state index < -0.39 is 35.7 Å². The predicted molar refractivity (Wildman–Crippen MR) is 90.1 cm³/mol. The van der Waals surface area contributed by atoms with Crippen molar-refractivity contribution in [1.82, 2.24) is 10.2 Å². The van der Waals surface area contributed by atoms with E-state index in [0.717, 1.165) is 4.90 Å². The maximum absolute atomic E-state index is 12.6. The molecule has 0 heterocycles. The molecule has 25 heavy (non-hydrogen) atoms. The Bertz CT molecular complexity index is 636. The zero-order valence-electron chi connectivity index (χ0n) is 14.9. The fourth-order valence-corrected chi connectivity index (χ4v) is 2.00. The summed E-state index contributed by atoms with van der Waals surface area (Å²) >= 11 is 0. The number of carbonyl (C=O) groups is 3. The second kappa shape index (κ2) is 7.87. The van der Waals surface area contributed by atoms with Crippen molar-refractivity contribution in [2.24, 2.45) is 0 Å². The first-order valence-electron chi connectivity index (χ1n) is 7.70. The van der Waals surface area contributed by atoms with Gasteiger partial charge in [0.05, 0.1) is 0 Å². The van der Waals surface area contributed by atoms with Gasteiger partial charge in [-0.15, -0.1) is 0 Å². The SMILES string of the molecule is CC(NC(=O)C(c1ccc(O)cc1)N(C)C(=O)OC(C)(C)C)C(=O)O. The van der Waals surface area contributed by atoms with Crippen molar-refractivity contribution in [1.29, 1.82) is 0 Å². The van der Waals surface area contributed by atoms with Gasteiger partial charge in [-0.3, -0.25) is 14.5 Å². The van der Waals surface area contributed by atoms with E-state index in [1.54, 1.807) is 20.8 Å². The van der Waals surface area contributed by atoms with Crippen molar-refractivity contribution < 1.29 is 29.3 Å². The molecule has 8 nitrogen and oxygen atoms in total. The van der Waals surface area contributed by atoms with Gasteiger partial charge in [-0.2, -0.15) is 0 Å². The fraction of sp³-hybridized carbons (Fsp3) is 0.471. The standard InChI is InChI=1S/C17H24N2O6/c1-10(15(22)23)18-14(21)13(11-6-8-12(20)9-7-11)19(5)16(24)25-17(2,3)4/h6-10,13,20H,1-5H3,(H,18,21)(H,22,23). The van der Waals surface area contributed by atoms with Crippen LogP contribution in [0.15, 0.2) is 24.3 Å². The smallest absolute Gasteiger partial charge is 0.410 e. The minimum atomic E-state index is -1.20. The molecule has 138 valence electrons. The predicted octanol–water partition coefficient (Wildman–Crippen LogP) is 1.89. The normalized spacial score (nSPS) is 13.5. The molecular formula is C17H24N2O6. The Labute approximate surface area is 146 Å². The summed E-state index contributed by atoms with van der Waals surface area (Å²) in [5, 5.41) is 20.7. The van der Waals surface area contributed by atoms with Gasteiger partial charge in [0.15, 0.2) is 0 Å². The van der Waals surface area contributed by atoms with E-state index in [1.807, 2.05) is 0 Å². The molecule has 0 aliphatic rings. The summed E-state index contributed by atoms with van der Waals surface area (Å²) in [6.07, 6.45) is -0.733. The molecule has 1 aromatic rings. The van der Waals surface area contributed by atoms with Gasteiger partial charge in [0.25, 0.3) is 0 Å². The lowest BCUT2D eigenvalue weighted by atomic mass is 10.0. The molecule has 0 saturated heterocycles. The third-order valence-corrected chi connectivity index (χ3v) is 3.26. The van der Waals surface area contributed by atoms with Crippen LogP contribution in [-0.4, -0.2) is 51.8 Å². The molecular weight excluding hydrogens is 328 g/mol. The minimum absolute atomic E-state index is 0.00160. The van der Waals surface area contributed by atoms with Crippen LogP contribution in [0.1, 0.15) is 39.3 Å². The lowest BCUT2D eigenvalue weighted by Crippen LogP contribution is -2.47. The van der Waals surface area contributed by atoms with Gasteiger partial charge < -0.3 is 20.3 Å². The number of aliphatic carboxylic acids is 1. The molecule has 0 spiro atoms. The number of hydrogen-bond acceptors (Lipinski definition) is 5. The summed E-state index contributed by atoms with van der Waals surface area (Å²) in [6.45, 7) is 6.41. The van der Waals surface area contributed by atoms with E-state index in [0.29, 0.717) is 5.56 Å². The van der Waals surface area contributed by atoms with Crippen molar-refractivity contribution in [3.8, 4) is 5.75 Å². The molecule has 2 unspecified atom stereocenters. The Kier molecular flexibility index (Phi) is 6.38. The lowest BCUT2D eigenvalue weighted by molar-refractivity contribution is -0.142. The molecule has 0 bridgehead atoms. The summed E-state index contributed by atoms with van der Waals surface area (Å²) in [5.41, 5.74) is -0.350. The molecule has 0 aliphatic carbocycles. The number of phenols is 1. The van der Waals surface area contributed by atoms with Gasteiger partial charge in [-0.25, -0.2) is 4.79 Å². The van der Waals surface area contributed by atoms with Crippen LogP contribution >= 0.6 is 0 Å². The van der Waals surface area contributed by atoms with E-state index in [-0.39, 0.29) is 5.75 Å². The van der Waals surface area contributed by atoms with Crippen LogP contribution in [0.2, 0.25) is 0 Å². The van der Waals surface area contributed by atoms with Gasteiger partial charge in [0, 0.05) is 7.05 Å². The zero-order chi connectivity index (χ0) is 19.4. The second-order valence-electron chi connectivity index (χ2n) is 6.65. The number of likely N-dealkylation sites (N-methyl/N-ethyl adjacent to an activating group) is 1. The number of phenolic OH excluding ortho intramolecular Hbond substituents is 1. The quantitative estimate of drug-likeness (QED) is 0.745. The van der Waals surface area contributed by atoms with Crippen LogP contribution in [-0.2, 0) is 14.3 Å². The lowest BCUT2D eigenvalue weighted by Gasteiger charge is -2.30. The highest BCUT2D eigenvalue weighted by atomic mass is 16.6. The summed E-state index contributed by atoms with van der Waals surface area (Å²) in [4.78, 5) is 37.0. The maximum atomic E-state index is 12.6. The first kappa shape index (κ1) is 20.3. The number of carbonyl (C=O) groups excluding carboxylic acids is 2. The van der Waals surface area contributed by atoms with E-state index >= 15 is 0 Å². The van der Waals surface area contributed by atoms with Crippen LogP contribution in [0, 0.1) is 0 Å². The van der Waals surface area contributed by atoms with Crippen molar-refractivity contribution >= 4 is 18.0 Å². The monoisotopic (exact) mass is 352 g/mol. The van der Waals surface area contributed by atoms with Gasteiger partial charge in [-0.05, 0) is 45.4 Å². The van der Waals surface area contributed by atoms with Crippen LogP contribution in [0.3, 0.4) is 0 Å². The minimum Gasteiger partial charge on any atom is -0.508 e. The van der Waals surface area contributed by atoms with Crippen LogP contribution in [0.4, 0.5) is 4.79 Å². The highest BCUT2D eigenvalue weighted by Gasteiger charge is 2.33. The average molecular weight is 352 g/mol. The molecule has 8 heteroatoms. The van der Waals surface area contributed by atoms with Crippen molar-refractivity contribution in [2.75, 3.05) is 7.05 Å². The van der Waals surface area contributed by atoms with Crippen molar-refractivity contribution in [3.63, 3.8) is 0 Å². The molecule has 0 fully saturated rings. The third-order valence-electron chi connectivity index (χ3n) is 3.26. The molecule has 1 rings (SSSR count). The number of carboxylic acid groups (broad SMARTS) is 1. The number of nitrogens with one attached hydrogen (secondary N) is 1. The number of carboxylic acids is 1. The number of nitrogens with zero attached hydrogens (tertiary/aromatic N) is 1. The first-order chi connectivity index (χ1) is 11.4. The molecule has 3 N–H and O–H groups in total. The summed E-state index contributed by atoms with van der Waals surface area (Å²) in [5.74, 6) is -1.87. The average Bonchev–Trinajstić information content (AvgIpc) is 2.47. The van der Waals surface area contributed by atoms with Crippen LogP contribution in [0.5, 0.6) is 5.75 Å². The van der Waals surface area contributed by atoms with E-state index in [2.05, 4.69) is 5.32 Å². The van der Waals surface area contributed by atoms with E-state index in [1.165, 1.54) is 38.2 Å². The molecule has 0 aromatic heterocycles. The Morgan fingerprint density at radius 1 is 1.16 bits per heavy atom. The Morgan fingerprint density at radius 2 is 1.68 bits per heavy atom. The van der Waals surface area contributed by atoms with Gasteiger partial charge >= 0.3 is 12.1 Å². The van der Waals surface area contributed by atoms with E-state index in [4.69, 9.17) is 9.84 Å². The molecule has 2 amide bonds. The highest BCUT2D eigenvalue weighted by molar-refractivity contribution is 5.90. The van der Waals surface area contributed by atoms with Crippen LogP contribution in [0.25, 0.3) is 0 Å². The molecule has 0 saturated carbocycles. The zero-order valence-corrected chi connectivity index (χ0v) is 14.9. The summed E-state index contributed by atoms with van der Waals surface area (Å²) in [7, 11) is 1.39. The van der Waals surface area contributed by atoms with Gasteiger partial charge in [0.1, 0.15) is 23.4 Å². The number of amides is 2. The molecule has 0 aliphatic heterocycles. The number of hydrogen-bond donors (Lipinski definition) is 3. The van der Waals surface area contributed by atoms with Crippen molar-refractivity contribution in [3.05, 3.63) is 29.8 Å². The molecule has 1 aromatic carbocycles. The number of rotatable bonds is 5. The van der Waals surface area contributed by atoms with Gasteiger partial charge in [0.2, 0.25) is 5.91 Å². The second-order valence-corrected chi connectivity index (χ2v) is 6.65. The number of ether oxygens (including phenoxy) is 1. The largest absolute Gasteiger partial charge is 0.508 e. The van der Waals surface area contributed by atoms with Crippen molar-refractivity contribution in [2.45, 2.75) is 45.4 Å². The summed E-state index contributed by atoms with van der Waals surface area (Å²) in [6, 6.07) is 3.47. The first-order valence-corrected chi connectivity index (χ1v) is 7.70.